The van der Waals surface area contributed by atoms with Gasteiger partial charge in [-0.2, -0.15) is 13.2 Å². The first-order valence-electron chi connectivity index (χ1n) is 8.65. The summed E-state index contributed by atoms with van der Waals surface area (Å²) in [5.41, 5.74) is 0.357. The Morgan fingerprint density at radius 2 is 1.93 bits per heavy atom. The second kappa shape index (κ2) is 7.30. The van der Waals surface area contributed by atoms with Crippen LogP contribution in [0.4, 0.5) is 19.0 Å². The molecule has 0 amide bonds. The molecule has 1 fully saturated rings. The molecule has 0 N–H and O–H groups in total. The highest BCUT2D eigenvalue weighted by molar-refractivity contribution is 5.98. The monoisotopic (exact) mass is 383 g/mol. The van der Waals surface area contributed by atoms with E-state index < -0.39 is 18.0 Å². The van der Waals surface area contributed by atoms with Gasteiger partial charge in [-0.3, -0.25) is 0 Å². The molecule has 1 saturated heterocycles. The minimum Gasteiger partial charge on any atom is -0.462 e. The molecule has 0 spiro atoms. The number of ether oxygens (including phenoxy) is 2. The van der Waals surface area contributed by atoms with Crippen molar-refractivity contribution in [2.45, 2.75) is 39.2 Å². The molecule has 1 aromatic heterocycles. The van der Waals surface area contributed by atoms with E-state index in [1.54, 1.807) is 11.8 Å². The number of esters is 1. The molecule has 0 saturated carbocycles. The molecule has 1 aromatic carbocycles. The van der Waals surface area contributed by atoms with Crippen LogP contribution in [0.1, 0.15) is 37.0 Å². The Bertz CT molecular complexity index is 847. The number of rotatable bonds is 3. The van der Waals surface area contributed by atoms with E-state index in [0.717, 1.165) is 0 Å². The maximum absolute atomic E-state index is 13.3. The molecule has 0 unspecified atom stereocenters. The Balaban J connectivity index is 2.16. The molecule has 0 bridgehead atoms. The predicted octanol–water partition coefficient (Wildman–Crippen LogP) is 3.44. The summed E-state index contributed by atoms with van der Waals surface area (Å²) in [6.45, 7) is 6.35. The Hall–Kier alpha value is -2.42. The van der Waals surface area contributed by atoms with Crippen LogP contribution in [-0.4, -0.2) is 47.8 Å². The molecule has 9 heteroatoms. The highest BCUT2D eigenvalue weighted by atomic mass is 19.4. The largest absolute Gasteiger partial charge is 0.462 e. The number of aromatic nitrogens is 2. The molecule has 3 rings (SSSR count). The van der Waals surface area contributed by atoms with E-state index in [-0.39, 0.29) is 35.7 Å². The molecule has 2 atom stereocenters. The van der Waals surface area contributed by atoms with Crippen LogP contribution in [0.2, 0.25) is 0 Å². The molecule has 27 heavy (non-hydrogen) atoms. The lowest BCUT2D eigenvalue weighted by molar-refractivity contribution is -0.144. The van der Waals surface area contributed by atoms with Crippen LogP contribution in [0, 0.1) is 0 Å². The van der Waals surface area contributed by atoms with E-state index in [9.17, 15) is 18.0 Å². The highest BCUT2D eigenvalue weighted by Gasteiger charge is 2.37. The van der Waals surface area contributed by atoms with E-state index in [4.69, 9.17) is 9.47 Å². The maximum atomic E-state index is 13.3. The van der Waals surface area contributed by atoms with Gasteiger partial charge in [-0.1, -0.05) is 0 Å². The van der Waals surface area contributed by atoms with Crippen LogP contribution < -0.4 is 4.90 Å². The predicted molar refractivity (Wildman–Crippen MR) is 92.7 cm³/mol. The summed E-state index contributed by atoms with van der Waals surface area (Å²) in [7, 11) is 0. The minimum absolute atomic E-state index is 0.118. The van der Waals surface area contributed by atoms with Crippen molar-refractivity contribution in [1.82, 2.24) is 9.97 Å². The summed E-state index contributed by atoms with van der Waals surface area (Å²) in [5.74, 6) is -1.62. The van der Waals surface area contributed by atoms with Crippen LogP contribution in [0.5, 0.6) is 0 Å². The quantitative estimate of drug-likeness (QED) is 0.757. The van der Waals surface area contributed by atoms with Gasteiger partial charge >= 0.3 is 12.1 Å². The third-order valence-electron chi connectivity index (χ3n) is 4.16. The molecular weight excluding hydrogens is 363 g/mol. The van der Waals surface area contributed by atoms with Gasteiger partial charge < -0.3 is 14.4 Å². The number of benzene rings is 1. The second-order valence-electron chi connectivity index (χ2n) is 6.48. The van der Waals surface area contributed by atoms with Crippen molar-refractivity contribution in [2.75, 3.05) is 24.6 Å². The van der Waals surface area contributed by atoms with Crippen LogP contribution >= 0.6 is 0 Å². The van der Waals surface area contributed by atoms with Gasteiger partial charge in [0.25, 0.3) is 0 Å². The number of carbonyl (C=O) groups excluding carboxylic acids is 1. The zero-order valence-corrected chi connectivity index (χ0v) is 15.2. The molecule has 1 aliphatic rings. The first kappa shape index (κ1) is 19.3. The van der Waals surface area contributed by atoms with Gasteiger partial charge in [-0.05, 0) is 39.0 Å². The molecule has 2 heterocycles. The fourth-order valence-electron chi connectivity index (χ4n) is 3.17. The molecule has 0 aliphatic carbocycles. The van der Waals surface area contributed by atoms with E-state index in [0.29, 0.717) is 18.5 Å². The van der Waals surface area contributed by atoms with Crippen molar-refractivity contribution in [2.24, 2.45) is 0 Å². The minimum atomic E-state index is -4.67. The number of nitrogens with zero attached hydrogens (tertiary/aromatic N) is 3. The SMILES string of the molecule is CCOC(=O)c1ccc2nc(C(F)(F)F)nc(N3C[C@H](C)O[C@@H](C)C3)c2c1. The number of carbonyl (C=O) groups is 1. The van der Waals surface area contributed by atoms with Gasteiger partial charge in [0, 0.05) is 18.5 Å². The smallest absolute Gasteiger partial charge is 0.451 e. The highest BCUT2D eigenvalue weighted by Crippen LogP contribution is 2.33. The Morgan fingerprint density at radius 1 is 1.26 bits per heavy atom. The third-order valence-corrected chi connectivity index (χ3v) is 4.16. The summed E-state index contributed by atoms with van der Waals surface area (Å²) < 4.78 is 50.5. The Labute approximate surface area is 154 Å². The van der Waals surface area contributed by atoms with Crippen molar-refractivity contribution >= 4 is 22.7 Å². The third kappa shape index (κ3) is 4.13. The summed E-state index contributed by atoms with van der Waals surface area (Å²) in [6, 6.07) is 4.27. The average Bonchev–Trinajstić information content (AvgIpc) is 2.58. The Kier molecular flexibility index (Phi) is 5.23. The summed E-state index contributed by atoms with van der Waals surface area (Å²) >= 11 is 0. The van der Waals surface area contributed by atoms with Crippen molar-refractivity contribution in [3.05, 3.63) is 29.6 Å². The lowest BCUT2D eigenvalue weighted by Gasteiger charge is -2.36. The fraction of sp³-hybridized carbons (Fsp3) is 0.500. The lowest BCUT2D eigenvalue weighted by atomic mass is 10.1. The van der Waals surface area contributed by atoms with Gasteiger partial charge in [0.15, 0.2) is 0 Å². The number of alkyl halides is 3. The summed E-state index contributed by atoms with van der Waals surface area (Å²) in [6.07, 6.45) is -5.01. The van der Waals surface area contributed by atoms with Crippen molar-refractivity contribution in [1.29, 1.82) is 0 Å². The van der Waals surface area contributed by atoms with Gasteiger partial charge in [0.05, 0.1) is 29.9 Å². The van der Waals surface area contributed by atoms with Crippen LogP contribution in [0.15, 0.2) is 18.2 Å². The lowest BCUT2D eigenvalue weighted by Crippen LogP contribution is -2.46. The normalized spacial score (nSPS) is 20.7. The van der Waals surface area contributed by atoms with E-state index in [1.165, 1.54) is 18.2 Å². The van der Waals surface area contributed by atoms with Crippen LogP contribution in [-0.2, 0) is 15.7 Å². The fourth-order valence-corrected chi connectivity index (χ4v) is 3.17. The zero-order valence-electron chi connectivity index (χ0n) is 15.2. The number of hydrogen-bond donors (Lipinski definition) is 0. The molecule has 6 nitrogen and oxygen atoms in total. The molecule has 2 aromatic rings. The first-order valence-corrected chi connectivity index (χ1v) is 8.65. The standard InChI is InChI=1S/C18H20F3N3O3/c1-4-26-16(25)12-5-6-14-13(7-12)15(23-17(22-14)18(19,20)21)24-8-10(2)27-11(3)9-24/h5-7,10-11H,4,8-9H2,1-3H3/t10-,11-/m0/s1. The molecule has 0 radical (unpaired) electrons. The molecular formula is C18H20F3N3O3. The summed E-state index contributed by atoms with van der Waals surface area (Å²) in [4.78, 5) is 21.2. The van der Waals surface area contributed by atoms with Crippen LogP contribution in [0.3, 0.4) is 0 Å². The number of halogens is 3. The Morgan fingerprint density at radius 3 is 2.52 bits per heavy atom. The number of morpholine rings is 1. The number of fused-ring (bicyclic) bond motifs is 1. The van der Waals surface area contributed by atoms with E-state index >= 15 is 0 Å². The van der Waals surface area contributed by atoms with Crippen molar-refractivity contribution in [3.63, 3.8) is 0 Å². The second-order valence-corrected chi connectivity index (χ2v) is 6.48. The maximum Gasteiger partial charge on any atom is 0.451 e. The zero-order chi connectivity index (χ0) is 19.8. The van der Waals surface area contributed by atoms with Gasteiger partial charge in [0.2, 0.25) is 5.82 Å². The molecule has 146 valence electrons. The van der Waals surface area contributed by atoms with Gasteiger partial charge in [0.1, 0.15) is 5.82 Å². The average molecular weight is 383 g/mol. The van der Waals surface area contributed by atoms with Crippen molar-refractivity contribution < 1.29 is 27.4 Å². The number of hydrogen-bond acceptors (Lipinski definition) is 6. The van der Waals surface area contributed by atoms with E-state index in [1.807, 2.05) is 13.8 Å². The van der Waals surface area contributed by atoms with Crippen LogP contribution in [0.25, 0.3) is 10.9 Å². The first-order chi connectivity index (χ1) is 12.7. The summed E-state index contributed by atoms with van der Waals surface area (Å²) in [5, 5.41) is 0.370. The van der Waals surface area contributed by atoms with Gasteiger partial charge in [-0.15, -0.1) is 0 Å². The molecule has 1 aliphatic heterocycles. The number of anilines is 1. The topological polar surface area (TPSA) is 64.5 Å². The van der Waals surface area contributed by atoms with E-state index in [2.05, 4.69) is 9.97 Å². The van der Waals surface area contributed by atoms with Crippen molar-refractivity contribution in [3.8, 4) is 0 Å². The van der Waals surface area contributed by atoms with Gasteiger partial charge in [-0.25, -0.2) is 14.8 Å².